The molecule has 0 saturated carbocycles. The molecule has 0 aromatic rings. The summed E-state index contributed by atoms with van der Waals surface area (Å²) in [4.78, 5) is 35.3. The van der Waals surface area contributed by atoms with Crippen molar-refractivity contribution in [3.05, 3.63) is 231 Å². The smallest absolute Gasteiger partial charge is 0.462 e. The van der Waals surface area contributed by atoms with Crippen LogP contribution in [-0.4, -0.2) is 49.3 Å². The van der Waals surface area contributed by atoms with Crippen LogP contribution in [0.4, 0.5) is 0 Å². The molecule has 9 nitrogen and oxygen atoms in total. The third-order valence-electron chi connectivity index (χ3n) is 13.0. The van der Waals surface area contributed by atoms with Gasteiger partial charge in [0.1, 0.15) is 6.61 Å². The Balaban J connectivity index is 4.11. The number of unbranched alkanes of at least 4 members (excludes halogenated alkanes) is 9. The van der Waals surface area contributed by atoms with Crippen LogP contribution in [0.3, 0.4) is 0 Å². The topological polar surface area (TPSA) is 134 Å². The Morgan fingerprint density at radius 2 is 0.584 bits per heavy atom. The molecule has 0 aliphatic rings. The summed E-state index contributed by atoms with van der Waals surface area (Å²) in [6.07, 6.45) is 113. The van der Waals surface area contributed by atoms with Crippen LogP contribution in [0.5, 0.6) is 0 Å². The van der Waals surface area contributed by atoms with E-state index in [0.29, 0.717) is 12.8 Å². The molecular weight excluding hydrogens is 1120 g/mol. The van der Waals surface area contributed by atoms with Crippen LogP contribution >= 0.6 is 7.82 Å². The number of ether oxygens (including phenoxy) is 2. The third kappa shape index (κ3) is 71.0. The summed E-state index contributed by atoms with van der Waals surface area (Å²) in [6, 6.07) is 0. The van der Waals surface area contributed by atoms with E-state index in [4.69, 9.17) is 24.3 Å². The van der Waals surface area contributed by atoms with Gasteiger partial charge in [0.2, 0.25) is 0 Å². The van der Waals surface area contributed by atoms with Crippen molar-refractivity contribution >= 4 is 19.8 Å². The summed E-state index contributed by atoms with van der Waals surface area (Å²) in [7, 11) is -4.42. The van der Waals surface area contributed by atoms with E-state index in [0.717, 1.165) is 180 Å². The second-order valence-electron chi connectivity index (χ2n) is 21.2. The Bertz CT molecular complexity index is 2310. The molecule has 0 fully saturated rings. The van der Waals surface area contributed by atoms with E-state index in [1.807, 2.05) is 0 Å². The first-order chi connectivity index (χ1) is 43.8. The fourth-order valence-corrected chi connectivity index (χ4v) is 8.89. The highest BCUT2D eigenvalue weighted by molar-refractivity contribution is 7.47. The SMILES string of the molecule is CC/C=C\C/C=C\C/C=C\C/C=C\C/C=C\C/C=C\C/C=C\C/C=C\C/C=C\C/C=C\C/C=C\C/C=C\CCCCCCC(=O)OC(COC(=O)CCCCCCC/C=C\C/C=C\C/C=C\C/C=C\C/C=C\C/C=C\C/C=C\CC)COP(=O)(O)OCCN. The Morgan fingerprint density at radius 1 is 0.337 bits per heavy atom. The maximum Gasteiger partial charge on any atom is 0.472 e. The summed E-state index contributed by atoms with van der Waals surface area (Å²) in [6.45, 7) is 3.42. The van der Waals surface area contributed by atoms with E-state index in [2.05, 4.69) is 245 Å². The number of nitrogens with two attached hydrogens (primary N) is 1. The van der Waals surface area contributed by atoms with Crippen LogP contribution in [0.2, 0.25) is 0 Å². The van der Waals surface area contributed by atoms with Gasteiger partial charge >= 0.3 is 19.8 Å². The number of phosphoric ester groups is 1. The van der Waals surface area contributed by atoms with Crippen molar-refractivity contribution in [3.8, 4) is 0 Å². The lowest BCUT2D eigenvalue weighted by Crippen LogP contribution is -2.29. The number of hydrogen-bond donors (Lipinski definition) is 2. The van der Waals surface area contributed by atoms with Gasteiger partial charge in [0.05, 0.1) is 13.2 Å². The molecule has 0 rings (SSSR count). The number of rotatable bonds is 60. The van der Waals surface area contributed by atoms with Crippen molar-refractivity contribution in [2.45, 2.75) is 225 Å². The standard InChI is InChI=1S/C79H120NO8P/c1-3-5-7-9-11-13-15-17-19-21-23-25-27-29-31-32-33-34-35-36-37-38-39-40-41-42-43-44-46-48-50-52-54-56-58-60-62-64-66-68-70-72-79(82)88-77(76-87-89(83,84)86-74-73-80)75-85-78(81)71-69-67-65-63-61-59-57-55-53-51-49-47-45-30-28-26-24-22-20-18-16-14-12-10-8-6-4-2/h5-8,11-14,17-20,23-26,29-31,33-34,36-37,39-40,42-43,45-46,48-49,51-52,54-55,57-58,60,77H,3-4,9-10,15-16,21-22,27-28,32,35,38,41,44,47,50,53,56,59,61-76,80H2,1-2H3,(H,83,84)/b7-5-,8-6-,13-11-,14-12-,19-17-,20-18-,25-23-,26-24-,31-29-,34-33-,37-36-,40-39-,43-42-,45-30-,48-46-,51-49-,54-52-,57-55-,60-58-. The average Bonchev–Trinajstić information content (AvgIpc) is 3.58. The summed E-state index contributed by atoms with van der Waals surface area (Å²) < 4.78 is 33.1. The molecule has 2 atom stereocenters. The maximum absolute atomic E-state index is 12.7. The first kappa shape index (κ1) is 83.1. The van der Waals surface area contributed by atoms with Gasteiger partial charge in [0.25, 0.3) is 0 Å². The van der Waals surface area contributed by atoms with Crippen LogP contribution in [0.1, 0.15) is 219 Å². The molecule has 0 spiro atoms. The number of phosphoric acid groups is 1. The zero-order chi connectivity index (χ0) is 64.4. The molecule has 0 amide bonds. The average molecular weight is 1240 g/mol. The van der Waals surface area contributed by atoms with Gasteiger partial charge in [0, 0.05) is 19.4 Å². The van der Waals surface area contributed by atoms with Gasteiger partial charge in [-0.1, -0.05) is 277 Å². The van der Waals surface area contributed by atoms with E-state index >= 15 is 0 Å². The molecule has 2 unspecified atom stereocenters. The fraction of sp³-hybridized carbons (Fsp3) is 0.494. The van der Waals surface area contributed by atoms with Crippen molar-refractivity contribution in [2.24, 2.45) is 5.73 Å². The molecule has 89 heavy (non-hydrogen) atoms. The molecule has 0 saturated heterocycles. The Morgan fingerprint density at radius 3 is 0.865 bits per heavy atom. The Hall–Kier alpha value is -5.93. The lowest BCUT2D eigenvalue weighted by molar-refractivity contribution is -0.161. The van der Waals surface area contributed by atoms with Crippen LogP contribution < -0.4 is 5.73 Å². The maximum atomic E-state index is 12.7. The second kappa shape index (κ2) is 71.1. The monoisotopic (exact) mass is 1240 g/mol. The lowest BCUT2D eigenvalue weighted by Gasteiger charge is -2.19. The van der Waals surface area contributed by atoms with Gasteiger partial charge in [-0.25, -0.2) is 4.57 Å². The lowest BCUT2D eigenvalue weighted by atomic mass is 10.1. The summed E-state index contributed by atoms with van der Waals surface area (Å²) >= 11 is 0. The third-order valence-corrected chi connectivity index (χ3v) is 14.0. The molecule has 0 heterocycles. The van der Waals surface area contributed by atoms with Crippen LogP contribution in [-0.2, 0) is 32.7 Å². The zero-order valence-electron chi connectivity index (χ0n) is 55.3. The number of esters is 2. The van der Waals surface area contributed by atoms with Crippen molar-refractivity contribution in [3.63, 3.8) is 0 Å². The molecule has 0 aliphatic heterocycles. The van der Waals surface area contributed by atoms with Crippen molar-refractivity contribution in [1.82, 2.24) is 0 Å². The molecular formula is C79H120NO8P. The fourth-order valence-electron chi connectivity index (χ4n) is 8.12. The van der Waals surface area contributed by atoms with Crippen molar-refractivity contribution in [1.29, 1.82) is 0 Å². The molecule has 0 aromatic carbocycles. The zero-order valence-corrected chi connectivity index (χ0v) is 56.2. The van der Waals surface area contributed by atoms with E-state index in [9.17, 15) is 19.0 Å². The minimum absolute atomic E-state index is 0.0325. The summed E-state index contributed by atoms with van der Waals surface area (Å²) in [5.41, 5.74) is 5.39. The number of allylic oxidation sites excluding steroid dienone is 38. The first-order valence-electron chi connectivity index (χ1n) is 33.9. The van der Waals surface area contributed by atoms with E-state index in [-0.39, 0.29) is 32.6 Å². The predicted molar refractivity (Wildman–Crippen MR) is 384 cm³/mol. The van der Waals surface area contributed by atoms with Gasteiger partial charge in [0.15, 0.2) is 6.10 Å². The summed E-state index contributed by atoms with van der Waals surface area (Å²) in [5.74, 6) is -0.900. The van der Waals surface area contributed by atoms with Gasteiger partial charge in [-0.05, 0) is 161 Å². The van der Waals surface area contributed by atoms with E-state index < -0.39 is 32.5 Å². The first-order valence-corrected chi connectivity index (χ1v) is 35.4. The Labute approximate surface area is 543 Å². The molecule has 0 aliphatic carbocycles. The summed E-state index contributed by atoms with van der Waals surface area (Å²) in [5, 5.41) is 0. The van der Waals surface area contributed by atoms with E-state index in [1.165, 1.54) is 0 Å². The second-order valence-corrected chi connectivity index (χ2v) is 22.7. The highest BCUT2D eigenvalue weighted by atomic mass is 31.2. The van der Waals surface area contributed by atoms with Gasteiger partial charge in [-0.2, -0.15) is 0 Å². The molecule has 3 N–H and O–H groups in total. The van der Waals surface area contributed by atoms with Crippen molar-refractivity contribution in [2.75, 3.05) is 26.4 Å². The van der Waals surface area contributed by atoms with Crippen molar-refractivity contribution < 1.29 is 37.6 Å². The van der Waals surface area contributed by atoms with Crippen LogP contribution in [0.15, 0.2) is 231 Å². The highest BCUT2D eigenvalue weighted by Gasteiger charge is 2.26. The number of carbonyl (C=O) groups excluding carboxylic acids is 2. The minimum atomic E-state index is -4.42. The molecule has 10 heteroatoms. The van der Waals surface area contributed by atoms with Crippen LogP contribution in [0, 0.1) is 0 Å². The molecule has 494 valence electrons. The normalized spacial score (nSPS) is 14.4. The quantitative estimate of drug-likeness (QED) is 0.0264. The van der Waals surface area contributed by atoms with Gasteiger partial charge in [-0.15, -0.1) is 0 Å². The molecule has 0 bridgehead atoms. The number of carbonyl (C=O) groups is 2. The highest BCUT2D eigenvalue weighted by Crippen LogP contribution is 2.43. The van der Waals surface area contributed by atoms with Gasteiger partial charge in [-0.3, -0.25) is 18.6 Å². The van der Waals surface area contributed by atoms with Gasteiger partial charge < -0.3 is 20.1 Å². The molecule has 0 radical (unpaired) electrons. The number of hydrogen-bond acceptors (Lipinski definition) is 8. The largest absolute Gasteiger partial charge is 0.472 e. The van der Waals surface area contributed by atoms with Crippen LogP contribution in [0.25, 0.3) is 0 Å². The Kier molecular flexibility index (Phi) is 66.4. The minimum Gasteiger partial charge on any atom is -0.462 e. The predicted octanol–water partition coefficient (Wildman–Crippen LogP) is 22.6. The molecule has 0 aromatic heterocycles. The van der Waals surface area contributed by atoms with E-state index in [1.54, 1.807) is 0 Å².